The predicted molar refractivity (Wildman–Crippen MR) is 126 cm³/mol. The van der Waals surface area contributed by atoms with E-state index in [1.54, 1.807) is 27.1 Å². The van der Waals surface area contributed by atoms with Gasteiger partial charge in [-0.2, -0.15) is 4.98 Å². The third kappa shape index (κ3) is 4.65. The summed E-state index contributed by atoms with van der Waals surface area (Å²) in [6, 6.07) is 10.0. The second kappa shape index (κ2) is 8.46. The molecule has 2 N–H and O–H groups in total. The number of nitrogens with zero attached hydrogens (tertiary/aromatic N) is 4. The van der Waals surface area contributed by atoms with Gasteiger partial charge in [0.25, 0.3) is 0 Å². The average Bonchev–Trinajstić information content (AvgIpc) is 3.17. The lowest BCUT2D eigenvalue weighted by Gasteiger charge is -2.33. The maximum atomic E-state index is 11.8. The van der Waals surface area contributed by atoms with Crippen molar-refractivity contribution >= 4 is 26.9 Å². The molecule has 172 valence electrons. The molecule has 0 atom stereocenters. The van der Waals surface area contributed by atoms with Gasteiger partial charge in [0.1, 0.15) is 5.82 Å². The van der Waals surface area contributed by atoms with Gasteiger partial charge in [-0.3, -0.25) is 0 Å². The van der Waals surface area contributed by atoms with E-state index in [0.717, 1.165) is 48.0 Å². The van der Waals surface area contributed by atoms with E-state index in [-0.39, 0.29) is 12.1 Å². The van der Waals surface area contributed by atoms with Crippen molar-refractivity contribution in [2.24, 2.45) is 0 Å². The fourth-order valence-corrected chi connectivity index (χ4v) is 5.24. The SMILES string of the molecule is CN([C@H]1CC[C@H](Nc2nccc(-n3ccc4c(C(C)(C)O)cccc43)n2)CC1)S(C)(=O)=O. The molecule has 0 saturated heterocycles. The summed E-state index contributed by atoms with van der Waals surface area (Å²) in [5, 5.41) is 14.9. The first-order chi connectivity index (χ1) is 15.0. The van der Waals surface area contributed by atoms with Crippen molar-refractivity contribution < 1.29 is 13.5 Å². The van der Waals surface area contributed by atoms with E-state index in [1.165, 1.54) is 10.6 Å². The number of fused-ring (bicyclic) bond motifs is 1. The summed E-state index contributed by atoms with van der Waals surface area (Å²) in [6.45, 7) is 3.57. The van der Waals surface area contributed by atoms with Crippen LogP contribution in [-0.4, -0.2) is 57.8 Å². The summed E-state index contributed by atoms with van der Waals surface area (Å²) < 4.78 is 27.1. The molecule has 2 heterocycles. The molecule has 0 radical (unpaired) electrons. The van der Waals surface area contributed by atoms with Gasteiger partial charge in [-0.25, -0.2) is 17.7 Å². The first-order valence-electron chi connectivity index (χ1n) is 10.9. The molecular weight excluding hydrogens is 426 g/mol. The van der Waals surface area contributed by atoms with Crippen molar-refractivity contribution in [2.45, 2.75) is 57.2 Å². The van der Waals surface area contributed by atoms with Gasteiger partial charge in [-0.05, 0) is 63.3 Å². The monoisotopic (exact) mass is 457 g/mol. The minimum absolute atomic E-state index is 0.0477. The molecule has 1 aromatic carbocycles. The number of aliphatic hydroxyl groups is 1. The van der Waals surface area contributed by atoms with Gasteiger partial charge < -0.3 is 15.0 Å². The van der Waals surface area contributed by atoms with Crippen LogP contribution in [0.1, 0.15) is 45.1 Å². The molecule has 3 aromatic rings. The first-order valence-corrected chi connectivity index (χ1v) is 12.7. The van der Waals surface area contributed by atoms with Crippen LogP contribution in [0.2, 0.25) is 0 Å². The number of hydrogen-bond acceptors (Lipinski definition) is 6. The Kier molecular flexibility index (Phi) is 6.00. The molecule has 0 amide bonds. The van der Waals surface area contributed by atoms with E-state index < -0.39 is 15.6 Å². The molecule has 0 unspecified atom stereocenters. The van der Waals surface area contributed by atoms with Gasteiger partial charge in [-0.1, -0.05) is 12.1 Å². The zero-order valence-electron chi connectivity index (χ0n) is 19.0. The van der Waals surface area contributed by atoms with Gasteiger partial charge in [0, 0.05) is 36.9 Å². The lowest BCUT2D eigenvalue weighted by Crippen LogP contribution is -2.41. The van der Waals surface area contributed by atoms with Gasteiger partial charge in [-0.15, -0.1) is 0 Å². The van der Waals surface area contributed by atoms with Crippen LogP contribution in [0.25, 0.3) is 16.7 Å². The number of aromatic nitrogens is 3. The third-order valence-corrected chi connectivity index (χ3v) is 7.69. The lowest BCUT2D eigenvalue weighted by atomic mass is 9.91. The number of hydrogen-bond donors (Lipinski definition) is 2. The van der Waals surface area contributed by atoms with Crippen LogP contribution in [0.4, 0.5) is 5.95 Å². The minimum Gasteiger partial charge on any atom is -0.386 e. The number of rotatable bonds is 6. The molecule has 8 nitrogen and oxygen atoms in total. The quantitative estimate of drug-likeness (QED) is 0.589. The van der Waals surface area contributed by atoms with Crippen molar-refractivity contribution in [3.8, 4) is 5.82 Å². The zero-order valence-corrected chi connectivity index (χ0v) is 19.8. The molecule has 0 bridgehead atoms. The Morgan fingerprint density at radius 1 is 1.16 bits per heavy atom. The summed E-state index contributed by atoms with van der Waals surface area (Å²) in [7, 11) is -1.51. The fourth-order valence-electron chi connectivity index (χ4n) is 4.49. The second-order valence-electron chi connectivity index (χ2n) is 9.15. The van der Waals surface area contributed by atoms with Gasteiger partial charge in [0.2, 0.25) is 16.0 Å². The molecule has 9 heteroatoms. The predicted octanol–water partition coefficient (Wildman–Crippen LogP) is 3.26. The molecule has 0 aliphatic heterocycles. The van der Waals surface area contributed by atoms with Gasteiger partial charge in [0.15, 0.2) is 0 Å². The number of sulfonamides is 1. The molecule has 1 saturated carbocycles. The summed E-state index contributed by atoms with van der Waals surface area (Å²) in [4.78, 5) is 9.11. The molecule has 1 aliphatic carbocycles. The smallest absolute Gasteiger partial charge is 0.224 e. The Labute approximate surface area is 189 Å². The summed E-state index contributed by atoms with van der Waals surface area (Å²) in [5.74, 6) is 1.30. The van der Waals surface area contributed by atoms with E-state index >= 15 is 0 Å². The summed E-state index contributed by atoms with van der Waals surface area (Å²) in [6.07, 6.45) is 8.29. The number of anilines is 1. The Bertz CT molecular complexity index is 1210. The molecule has 1 aliphatic rings. The van der Waals surface area contributed by atoms with Crippen molar-refractivity contribution in [3.63, 3.8) is 0 Å². The lowest BCUT2D eigenvalue weighted by molar-refractivity contribution is 0.0802. The molecule has 4 rings (SSSR count). The highest BCUT2D eigenvalue weighted by atomic mass is 32.2. The highest BCUT2D eigenvalue weighted by Gasteiger charge is 2.28. The van der Waals surface area contributed by atoms with Gasteiger partial charge in [0.05, 0.1) is 17.4 Å². The van der Waals surface area contributed by atoms with Crippen LogP contribution < -0.4 is 5.32 Å². The maximum Gasteiger partial charge on any atom is 0.224 e. The summed E-state index contributed by atoms with van der Waals surface area (Å²) in [5.41, 5.74) is 0.907. The average molecular weight is 458 g/mol. The third-order valence-electron chi connectivity index (χ3n) is 6.35. The van der Waals surface area contributed by atoms with Crippen molar-refractivity contribution in [3.05, 3.63) is 48.3 Å². The van der Waals surface area contributed by atoms with Crippen molar-refractivity contribution in [1.29, 1.82) is 0 Å². The van der Waals surface area contributed by atoms with E-state index in [0.29, 0.717) is 5.95 Å². The Morgan fingerprint density at radius 2 is 1.88 bits per heavy atom. The van der Waals surface area contributed by atoms with Gasteiger partial charge >= 0.3 is 0 Å². The van der Waals surface area contributed by atoms with Crippen molar-refractivity contribution in [1.82, 2.24) is 18.8 Å². The number of nitrogens with one attached hydrogen (secondary N) is 1. The molecule has 0 spiro atoms. The zero-order chi connectivity index (χ0) is 23.1. The fraction of sp³-hybridized carbons (Fsp3) is 0.478. The van der Waals surface area contributed by atoms with Crippen LogP contribution in [0.3, 0.4) is 0 Å². The normalized spacial score (nSPS) is 20.1. The van der Waals surface area contributed by atoms with E-state index in [1.807, 2.05) is 41.1 Å². The Hall–Kier alpha value is -2.49. The number of benzene rings is 1. The van der Waals surface area contributed by atoms with Crippen LogP contribution in [-0.2, 0) is 15.6 Å². The van der Waals surface area contributed by atoms with E-state index in [2.05, 4.69) is 10.3 Å². The van der Waals surface area contributed by atoms with Crippen LogP contribution in [0, 0.1) is 0 Å². The van der Waals surface area contributed by atoms with Crippen LogP contribution >= 0.6 is 0 Å². The topological polar surface area (TPSA) is 100 Å². The molecule has 32 heavy (non-hydrogen) atoms. The highest BCUT2D eigenvalue weighted by molar-refractivity contribution is 7.88. The van der Waals surface area contributed by atoms with Crippen molar-refractivity contribution in [2.75, 3.05) is 18.6 Å². The van der Waals surface area contributed by atoms with E-state index in [4.69, 9.17) is 4.98 Å². The summed E-state index contributed by atoms with van der Waals surface area (Å²) >= 11 is 0. The standard InChI is InChI=1S/C23H31N5O3S/c1-23(2,29)19-6-5-7-20-18(19)13-15-28(20)21-12-14-24-22(26-21)25-16-8-10-17(11-9-16)27(3)32(4,30)31/h5-7,12-17,29H,8-11H2,1-4H3,(H,24,25,26)/t16-,17-. The molecule has 2 aromatic heterocycles. The Morgan fingerprint density at radius 3 is 2.53 bits per heavy atom. The first kappa shape index (κ1) is 22.7. The van der Waals surface area contributed by atoms with E-state index in [9.17, 15) is 13.5 Å². The molecule has 1 fully saturated rings. The second-order valence-corrected chi connectivity index (χ2v) is 11.2. The maximum absolute atomic E-state index is 11.8. The Balaban J connectivity index is 1.51. The highest BCUT2D eigenvalue weighted by Crippen LogP contribution is 2.30. The minimum atomic E-state index is -3.17. The van der Waals surface area contributed by atoms with Crippen LogP contribution in [0.15, 0.2) is 42.7 Å². The molecular formula is C23H31N5O3S. The van der Waals surface area contributed by atoms with Crippen LogP contribution in [0.5, 0.6) is 0 Å². The largest absolute Gasteiger partial charge is 0.386 e.